The molecule has 0 aromatic heterocycles. The maximum atomic E-state index is 13.8. The summed E-state index contributed by atoms with van der Waals surface area (Å²) >= 11 is 0. The summed E-state index contributed by atoms with van der Waals surface area (Å²) in [5, 5.41) is 2.86. The number of ether oxygens (including phenoxy) is 1. The van der Waals surface area contributed by atoms with Gasteiger partial charge in [-0.05, 0) is 56.2 Å². The third-order valence-corrected chi connectivity index (χ3v) is 6.57. The summed E-state index contributed by atoms with van der Waals surface area (Å²) in [6, 6.07) is 11.0. The van der Waals surface area contributed by atoms with E-state index >= 15 is 0 Å². The molecule has 2 unspecified atom stereocenters. The molecule has 34 heavy (non-hydrogen) atoms. The van der Waals surface area contributed by atoms with Crippen LogP contribution in [-0.4, -0.2) is 57.1 Å². The fourth-order valence-corrected chi connectivity index (χ4v) is 4.10. The van der Waals surface area contributed by atoms with Crippen molar-refractivity contribution in [2.75, 3.05) is 24.2 Å². The molecular weight excluding hydrogens is 461 g/mol. The van der Waals surface area contributed by atoms with Gasteiger partial charge in [0.05, 0.1) is 19.1 Å². The number of hydrogen-bond donors (Lipinski definition) is 1. The molecule has 186 valence electrons. The van der Waals surface area contributed by atoms with Crippen LogP contribution in [0.4, 0.5) is 10.1 Å². The van der Waals surface area contributed by atoms with E-state index in [1.54, 1.807) is 31.2 Å². The molecule has 0 radical (unpaired) electrons. The Morgan fingerprint density at radius 3 is 2.38 bits per heavy atom. The number of benzene rings is 2. The molecule has 0 aliphatic carbocycles. The van der Waals surface area contributed by atoms with Gasteiger partial charge in [-0.3, -0.25) is 13.9 Å². The number of hydrogen-bond acceptors (Lipinski definition) is 5. The SMILES string of the molecule is CCC(C)NC(=O)C(C)N(Cc1cccc(OC)c1)C(=O)CN(c1cccc(F)c1)S(C)(=O)=O. The molecule has 0 saturated heterocycles. The predicted octanol–water partition coefficient (Wildman–Crippen LogP) is 2.93. The van der Waals surface area contributed by atoms with Gasteiger partial charge in [0, 0.05) is 12.6 Å². The van der Waals surface area contributed by atoms with Gasteiger partial charge in [0.15, 0.2) is 0 Å². The Hall–Kier alpha value is -3.14. The molecule has 0 saturated carbocycles. The second-order valence-corrected chi connectivity index (χ2v) is 10.0. The van der Waals surface area contributed by atoms with E-state index in [4.69, 9.17) is 4.74 Å². The first kappa shape index (κ1) is 27.1. The third-order valence-electron chi connectivity index (χ3n) is 5.43. The van der Waals surface area contributed by atoms with Crippen molar-refractivity contribution in [3.05, 3.63) is 59.9 Å². The van der Waals surface area contributed by atoms with Gasteiger partial charge < -0.3 is 15.0 Å². The molecule has 2 rings (SSSR count). The van der Waals surface area contributed by atoms with Gasteiger partial charge >= 0.3 is 0 Å². The number of carbonyl (C=O) groups is 2. The van der Waals surface area contributed by atoms with E-state index in [9.17, 15) is 22.4 Å². The van der Waals surface area contributed by atoms with E-state index < -0.39 is 34.3 Å². The van der Waals surface area contributed by atoms with Crippen molar-refractivity contribution in [1.29, 1.82) is 0 Å². The highest BCUT2D eigenvalue weighted by molar-refractivity contribution is 7.92. The molecule has 0 aliphatic heterocycles. The normalized spacial score (nSPS) is 13.0. The summed E-state index contributed by atoms with van der Waals surface area (Å²) in [7, 11) is -2.40. The quantitative estimate of drug-likeness (QED) is 0.519. The lowest BCUT2D eigenvalue weighted by molar-refractivity contribution is -0.139. The Morgan fingerprint density at radius 2 is 1.79 bits per heavy atom. The van der Waals surface area contributed by atoms with Gasteiger partial charge in [-0.1, -0.05) is 25.1 Å². The average molecular weight is 494 g/mol. The van der Waals surface area contributed by atoms with E-state index in [2.05, 4.69) is 5.32 Å². The van der Waals surface area contributed by atoms with Crippen molar-refractivity contribution in [2.24, 2.45) is 0 Å². The molecule has 10 heteroatoms. The number of methoxy groups -OCH3 is 1. The smallest absolute Gasteiger partial charge is 0.244 e. The Balaban J connectivity index is 2.40. The molecule has 0 spiro atoms. The molecule has 2 aromatic rings. The zero-order chi connectivity index (χ0) is 25.5. The first-order valence-electron chi connectivity index (χ1n) is 10.9. The zero-order valence-electron chi connectivity index (χ0n) is 20.1. The van der Waals surface area contributed by atoms with Crippen LogP contribution in [0.3, 0.4) is 0 Å². The van der Waals surface area contributed by atoms with E-state index in [1.807, 2.05) is 13.8 Å². The molecule has 0 aliphatic rings. The standard InChI is InChI=1S/C24H32FN3O5S/c1-6-17(2)26-24(30)18(3)27(15-19-9-7-12-22(13-19)33-4)23(29)16-28(34(5,31)32)21-11-8-10-20(25)14-21/h7-14,17-18H,6,15-16H2,1-5H3,(H,26,30). The minimum Gasteiger partial charge on any atom is -0.497 e. The Bertz CT molecular complexity index is 1110. The Morgan fingerprint density at radius 1 is 1.12 bits per heavy atom. The van der Waals surface area contributed by atoms with Crippen LogP contribution in [0.5, 0.6) is 5.75 Å². The molecular formula is C24H32FN3O5S. The summed E-state index contributed by atoms with van der Waals surface area (Å²) in [6.07, 6.45) is 1.65. The van der Waals surface area contributed by atoms with Crippen molar-refractivity contribution >= 4 is 27.5 Å². The largest absolute Gasteiger partial charge is 0.497 e. The number of nitrogens with zero attached hydrogens (tertiary/aromatic N) is 2. The molecule has 2 amide bonds. The lowest BCUT2D eigenvalue weighted by Crippen LogP contribution is -2.52. The number of halogens is 1. The fraction of sp³-hybridized carbons (Fsp3) is 0.417. The van der Waals surface area contributed by atoms with E-state index in [0.29, 0.717) is 17.7 Å². The van der Waals surface area contributed by atoms with Gasteiger partial charge in [0.25, 0.3) is 0 Å². The second kappa shape index (κ2) is 11.8. The van der Waals surface area contributed by atoms with E-state index in [0.717, 1.165) is 16.6 Å². The first-order chi connectivity index (χ1) is 16.0. The highest BCUT2D eigenvalue weighted by atomic mass is 32.2. The van der Waals surface area contributed by atoms with E-state index in [1.165, 1.54) is 30.2 Å². The number of carbonyl (C=O) groups excluding carboxylic acids is 2. The summed E-state index contributed by atoms with van der Waals surface area (Å²) in [4.78, 5) is 27.6. The highest BCUT2D eigenvalue weighted by Gasteiger charge is 2.30. The van der Waals surface area contributed by atoms with Crippen molar-refractivity contribution in [1.82, 2.24) is 10.2 Å². The number of anilines is 1. The minimum atomic E-state index is -3.92. The second-order valence-electron chi connectivity index (χ2n) is 8.12. The predicted molar refractivity (Wildman–Crippen MR) is 129 cm³/mol. The van der Waals surface area contributed by atoms with Gasteiger partial charge in [-0.25, -0.2) is 12.8 Å². The molecule has 0 bridgehead atoms. The van der Waals surface area contributed by atoms with Gasteiger partial charge in [-0.2, -0.15) is 0 Å². The summed E-state index contributed by atoms with van der Waals surface area (Å²) < 4.78 is 44.8. The van der Waals surface area contributed by atoms with Crippen LogP contribution >= 0.6 is 0 Å². The molecule has 0 heterocycles. The van der Waals surface area contributed by atoms with Crippen molar-refractivity contribution in [2.45, 2.75) is 45.8 Å². The number of rotatable bonds is 11. The Kier molecular flexibility index (Phi) is 9.43. The number of amides is 2. The molecule has 2 atom stereocenters. The van der Waals surface area contributed by atoms with Crippen LogP contribution in [0.25, 0.3) is 0 Å². The van der Waals surface area contributed by atoms with E-state index in [-0.39, 0.29) is 24.2 Å². The number of sulfonamides is 1. The molecule has 0 fully saturated rings. The van der Waals surface area contributed by atoms with Crippen molar-refractivity contribution in [3.63, 3.8) is 0 Å². The fourth-order valence-electron chi connectivity index (χ4n) is 3.26. The molecule has 1 N–H and O–H groups in total. The first-order valence-corrected chi connectivity index (χ1v) is 12.8. The molecule has 2 aromatic carbocycles. The minimum absolute atomic E-state index is 0.0221. The zero-order valence-corrected chi connectivity index (χ0v) is 20.9. The van der Waals surface area contributed by atoms with Crippen LogP contribution in [0.15, 0.2) is 48.5 Å². The van der Waals surface area contributed by atoms with Crippen LogP contribution in [0, 0.1) is 5.82 Å². The van der Waals surface area contributed by atoms with Gasteiger partial charge in [0.2, 0.25) is 21.8 Å². The topological polar surface area (TPSA) is 96.0 Å². The summed E-state index contributed by atoms with van der Waals surface area (Å²) in [5.74, 6) is -1.01. The summed E-state index contributed by atoms with van der Waals surface area (Å²) in [5.41, 5.74) is 0.724. The lowest BCUT2D eigenvalue weighted by Gasteiger charge is -2.32. The van der Waals surface area contributed by atoms with Crippen LogP contribution in [-0.2, 0) is 26.2 Å². The highest BCUT2D eigenvalue weighted by Crippen LogP contribution is 2.21. The molecule has 8 nitrogen and oxygen atoms in total. The van der Waals surface area contributed by atoms with Gasteiger partial charge in [-0.15, -0.1) is 0 Å². The average Bonchev–Trinajstić information content (AvgIpc) is 2.79. The van der Waals surface area contributed by atoms with Crippen LogP contribution in [0.1, 0.15) is 32.8 Å². The van der Waals surface area contributed by atoms with Crippen LogP contribution < -0.4 is 14.4 Å². The van der Waals surface area contributed by atoms with Crippen LogP contribution in [0.2, 0.25) is 0 Å². The maximum absolute atomic E-state index is 13.8. The third kappa shape index (κ3) is 7.44. The monoisotopic (exact) mass is 493 g/mol. The van der Waals surface area contributed by atoms with Crippen molar-refractivity contribution < 1.29 is 27.1 Å². The maximum Gasteiger partial charge on any atom is 0.244 e. The summed E-state index contributed by atoms with van der Waals surface area (Å²) in [6.45, 7) is 4.83. The van der Waals surface area contributed by atoms with Crippen molar-refractivity contribution in [3.8, 4) is 5.75 Å². The lowest BCUT2D eigenvalue weighted by atomic mass is 10.1. The Labute approximate surface area is 200 Å². The number of nitrogens with one attached hydrogen (secondary N) is 1. The van der Waals surface area contributed by atoms with Gasteiger partial charge in [0.1, 0.15) is 24.2 Å².